The molecule has 1 heterocycles. The maximum atomic E-state index is 3.44. The van der Waals surface area contributed by atoms with E-state index in [4.69, 9.17) is 0 Å². The largest absolute Gasteiger partial charge is 0.380 e. The Hall–Kier alpha value is -1.28. The standard InChI is InChI=1S/C14H17NS/c1-10-6-12(3)13(7-11(10)2)8-15-14-4-5-16-9-14/h4-7,9,15H,8H2,1-3H3. The van der Waals surface area contributed by atoms with Gasteiger partial charge in [0.1, 0.15) is 0 Å². The van der Waals surface area contributed by atoms with E-state index < -0.39 is 0 Å². The van der Waals surface area contributed by atoms with Gasteiger partial charge in [-0.3, -0.25) is 0 Å². The van der Waals surface area contributed by atoms with E-state index in [9.17, 15) is 0 Å². The average molecular weight is 231 g/mol. The first-order valence-corrected chi connectivity index (χ1v) is 6.44. The van der Waals surface area contributed by atoms with Crippen molar-refractivity contribution in [2.45, 2.75) is 27.3 Å². The normalized spacial score (nSPS) is 10.4. The van der Waals surface area contributed by atoms with Gasteiger partial charge in [-0.25, -0.2) is 0 Å². The molecule has 0 bridgehead atoms. The SMILES string of the molecule is Cc1cc(C)c(CNc2ccsc2)cc1C. The Balaban J connectivity index is 2.12. The predicted molar refractivity (Wildman–Crippen MR) is 72.3 cm³/mol. The van der Waals surface area contributed by atoms with E-state index in [1.165, 1.54) is 27.9 Å². The van der Waals surface area contributed by atoms with Gasteiger partial charge in [-0.1, -0.05) is 12.1 Å². The van der Waals surface area contributed by atoms with E-state index in [1.54, 1.807) is 11.3 Å². The Kier molecular flexibility index (Phi) is 3.30. The van der Waals surface area contributed by atoms with Crippen LogP contribution >= 0.6 is 11.3 Å². The summed E-state index contributed by atoms with van der Waals surface area (Å²) in [5.41, 5.74) is 6.70. The van der Waals surface area contributed by atoms with Gasteiger partial charge in [0, 0.05) is 17.6 Å². The van der Waals surface area contributed by atoms with E-state index in [0.29, 0.717) is 0 Å². The number of hydrogen-bond acceptors (Lipinski definition) is 2. The van der Waals surface area contributed by atoms with Crippen LogP contribution in [0.25, 0.3) is 0 Å². The van der Waals surface area contributed by atoms with Crippen LogP contribution in [0.5, 0.6) is 0 Å². The summed E-state index contributed by atoms with van der Waals surface area (Å²) in [6, 6.07) is 6.66. The third-order valence-corrected chi connectivity index (χ3v) is 3.64. The number of aryl methyl sites for hydroxylation is 3. The van der Waals surface area contributed by atoms with Crippen LogP contribution in [-0.4, -0.2) is 0 Å². The molecule has 0 atom stereocenters. The summed E-state index contributed by atoms with van der Waals surface area (Å²) in [6.45, 7) is 7.42. The van der Waals surface area contributed by atoms with Crippen molar-refractivity contribution in [2.24, 2.45) is 0 Å². The van der Waals surface area contributed by atoms with Crippen LogP contribution in [0.4, 0.5) is 5.69 Å². The minimum absolute atomic E-state index is 0.906. The summed E-state index contributed by atoms with van der Waals surface area (Å²) in [6.07, 6.45) is 0. The lowest BCUT2D eigenvalue weighted by molar-refractivity contribution is 1.10. The van der Waals surface area contributed by atoms with Crippen molar-refractivity contribution >= 4 is 17.0 Å². The van der Waals surface area contributed by atoms with Gasteiger partial charge in [0.25, 0.3) is 0 Å². The maximum Gasteiger partial charge on any atom is 0.0451 e. The molecule has 0 unspecified atom stereocenters. The third-order valence-electron chi connectivity index (χ3n) is 2.96. The molecule has 0 saturated carbocycles. The molecule has 0 fully saturated rings. The molecule has 1 aromatic heterocycles. The lowest BCUT2D eigenvalue weighted by Gasteiger charge is -2.10. The second-order valence-electron chi connectivity index (χ2n) is 4.23. The first-order chi connectivity index (χ1) is 7.66. The summed E-state index contributed by atoms with van der Waals surface area (Å²) >= 11 is 1.72. The molecule has 2 rings (SSSR count). The second-order valence-corrected chi connectivity index (χ2v) is 5.01. The molecule has 16 heavy (non-hydrogen) atoms. The smallest absolute Gasteiger partial charge is 0.0451 e. The molecule has 1 N–H and O–H groups in total. The first kappa shape index (κ1) is 11.2. The van der Waals surface area contributed by atoms with E-state index in [0.717, 1.165) is 6.54 Å². The fourth-order valence-electron chi connectivity index (χ4n) is 1.77. The first-order valence-electron chi connectivity index (χ1n) is 5.49. The summed E-state index contributed by atoms with van der Waals surface area (Å²) in [5, 5.41) is 7.67. The summed E-state index contributed by atoms with van der Waals surface area (Å²) < 4.78 is 0. The van der Waals surface area contributed by atoms with Crippen LogP contribution in [0, 0.1) is 20.8 Å². The fourth-order valence-corrected chi connectivity index (χ4v) is 2.39. The highest BCUT2D eigenvalue weighted by Crippen LogP contribution is 2.18. The van der Waals surface area contributed by atoms with Crippen LogP contribution in [0.15, 0.2) is 29.0 Å². The highest BCUT2D eigenvalue weighted by atomic mass is 32.1. The van der Waals surface area contributed by atoms with Crippen molar-refractivity contribution in [1.29, 1.82) is 0 Å². The van der Waals surface area contributed by atoms with Crippen molar-refractivity contribution in [3.8, 4) is 0 Å². The van der Waals surface area contributed by atoms with Gasteiger partial charge in [0.2, 0.25) is 0 Å². The van der Waals surface area contributed by atoms with Gasteiger partial charge in [-0.05, 0) is 54.5 Å². The van der Waals surface area contributed by atoms with Gasteiger partial charge in [0.05, 0.1) is 0 Å². The molecule has 2 heteroatoms. The monoisotopic (exact) mass is 231 g/mol. The van der Waals surface area contributed by atoms with Crippen LogP contribution < -0.4 is 5.32 Å². The fraction of sp³-hybridized carbons (Fsp3) is 0.286. The van der Waals surface area contributed by atoms with Crippen molar-refractivity contribution in [2.75, 3.05) is 5.32 Å². The molecule has 0 aliphatic rings. The van der Waals surface area contributed by atoms with Crippen LogP contribution in [0.1, 0.15) is 22.3 Å². The molecule has 0 aliphatic heterocycles. The van der Waals surface area contributed by atoms with Gasteiger partial charge in [-0.15, -0.1) is 0 Å². The molecule has 2 aromatic rings. The summed E-state index contributed by atoms with van der Waals surface area (Å²) in [5.74, 6) is 0. The Morgan fingerprint density at radius 1 is 1.06 bits per heavy atom. The number of anilines is 1. The summed E-state index contributed by atoms with van der Waals surface area (Å²) in [7, 11) is 0. The summed E-state index contributed by atoms with van der Waals surface area (Å²) in [4.78, 5) is 0. The van der Waals surface area contributed by atoms with Gasteiger partial charge in [-0.2, -0.15) is 11.3 Å². The van der Waals surface area contributed by atoms with Crippen LogP contribution in [-0.2, 0) is 6.54 Å². The third kappa shape index (κ3) is 2.45. The Labute approximate surface area is 101 Å². The Morgan fingerprint density at radius 2 is 1.81 bits per heavy atom. The second kappa shape index (κ2) is 4.71. The number of rotatable bonds is 3. The number of thiophene rings is 1. The van der Waals surface area contributed by atoms with Gasteiger partial charge < -0.3 is 5.32 Å². The zero-order chi connectivity index (χ0) is 11.5. The highest BCUT2D eigenvalue weighted by Gasteiger charge is 2.01. The molecule has 0 aliphatic carbocycles. The highest BCUT2D eigenvalue weighted by molar-refractivity contribution is 7.08. The van der Waals surface area contributed by atoms with E-state index >= 15 is 0 Å². The number of hydrogen-bond donors (Lipinski definition) is 1. The number of benzene rings is 1. The molecule has 0 radical (unpaired) electrons. The van der Waals surface area contributed by atoms with E-state index in [1.807, 2.05) is 0 Å². The minimum Gasteiger partial charge on any atom is -0.380 e. The molecular weight excluding hydrogens is 214 g/mol. The molecule has 84 valence electrons. The van der Waals surface area contributed by atoms with Crippen LogP contribution in [0.3, 0.4) is 0 Å². The molecular formula is C14H17NS. The van der Waals surface area contributed by atoms with Gasteiger partial charge >= 0.3 is 0 Å². The molecule has 0 saturated heterocycles. The lowest BCUT2D eigenvalue weighted by atomic mass is 10.0. The van der Waals surface area contributed by atoms with Crippen molar-refractivity contribution < 1.29 is 0 Å². The predicted octanol–water partition coefficient (Wildman–Crippen LogP) is 4.29. The quantitative estimate of drug-likeness (QED) is 0.831. The molecule has 1 nitrogen and oxygen atoms in total. The van der Waals surface area contributed by atoms with Crippen molar-refractivity contribution in [3.63, 3.8) is 0 Å². The van der Waals surface area contributed by atoms with Gasteiger partial charge in [0.15, 0.2) is 0 Å². The average Bonchev–Trinajstić information content (AvgIpc) is 2.74. The topological polar surface area (TPSA) is 12.0 Å². The van der Waals surface area contributed by atoms with E-state index in [-0.39, 0.29) is 0 Å². The molecule has 0 amide bonds. The maximum absolute atomic E-state index is 3.44. The van der Waals surface area contributed by atoms with Crippen LogP contribution in [0.2, 0.25) is 0 Å². The van der Waals surface area contributed by atoms with E-state index in [2.05, 4.69) is 55.0 Å². The molecule has 0 spiro atoms. The Bertz CT molecular complexity index is 472. The number of nitrogens with one attached hydrogen (secondary N) is 1. The van der Waals surface area contributed by atoms with Crippen molar-refractivity contribution in [3.05, 3.63) is 51.2 Å². The molecule has 1 aromatic carbocycles. The Morgan fingerprint density at radius 3 is 2.50 bits per heavy atom. The zero-order valence-corrected chi connectivity index (χ0v) is 10.8. The zero-order valence-electron chi connectivity index (χ0n) is 10.0. The lowest BCUT2D eigenvalue weighted by Crippen LogP contribution is -2.01. The minimum atomic E-state index is 0.906. The van der Waals surface area contributed by atoms with Crippen molar-refractivity contribution in [1.82, 2.24) is 0 Å².